The SMILES string of the molecule is O=S(=O)(c1ccc(Cl)cc1O)C(F)(F)F. The Labute approximate surface area is 88.0 Å². The van der Waals surface area contributed by atoms with E-state index in [1.165, 1.54) is 0 Å². The zero-order valence-electron chi connectivity index (χ0n) is 6.92. The molecule has 1 rings (SSSR count). The van der Waals surface area contributed by atoms with Crippen LogP contribution in [0.5, 0.6) is 5.75 Å². The monoisotopic (exact) mass is 260 g/mol. The fraction of sp³-hybridized carbons (Fsp3) is 0.143. The second-order valence-electron chi connectivity index (χ2n) is 2.56. The summed E-state index contributed by atoms with van der Waals surface area (Å²) in [4.78, 5) is -1.21. The van der Waals surface area contributed by atoms with Crippen molar-refractivity contribution in [1.82, 2.24) is 0 Å². The number of hydrogen-bond donors (Lipinski definition) is 1. The molecule has 0 saturated heterocycles. The van der Waals surface area contributed by atoms with Gasteiger partial charge in [0.05, 0.1) is 0 Å². The maximum atomic E-state index is 12.1. The van der Waals surface area contributed by atoms with Crippen LogP contribution in [-0.4, -0.2) is 19.0 Å². The lowest BCUT2D eigenvalue weighted by atomic mass is 10.3. The largest absolute Gasteiger partial charge is 0.507 e. The zero-order valence-corrected chi connectivity index (χ0v) is 8.49. The van der Waals surface area contributed by atoms with Gasteiger partial charge in [0.15, 0.2) is 0 Å². The normalized spacial score (nSPS) is 12.8. The Morgan fingerprint density at radius 1 is 1.27 bits per heavy atom. The van der Waals surface area contributed by atoms with Crippen LogP contribution >= 0.6 is 11.6 Å². The van der Waals surface area contributed by atoms with Gasteiger partial charge in [-0.1, -0.05) is 11.6 Å². The van der Waals surface area contributed by atoms with E-state index >= 15 is 0 Å². The topological polar surface area (TPSA) is 54.4 Å². The van der Waals surface area contributed by atoms with Crippen LogP contribution in [0.25, 0.3) is 0 Å². The summed E-state index contributed by atoms with van der Waals surface area (Å²) in [6, 6.07) is 2.26. The Hall–Kier alpha value is -0.950. The van der Waals surface area contributed by atoms with Crippen LogP contribution in [0, 0.1) is 0 Å². The van der Waals surface area contributed by atoms with E-state index in [4.69, 9.17) is 16.7 Å². The van der Waals surface area contributed by atoms with Crippen molar-refractivity contribution < 1.29 is 26.7 Å². The molecule has 1 aromatic rings. The summed E-state index contributed by atoms with van der Waals surface area (Å²) < 4.78 is 57.9. The van der Waals surface area contributed by atoms with Gasteiger partial charge in [0.1, 0.15) is 10.6 Å². The lowest BCUT2D eigenvalue weighted by molar-refractivity contribution is -0.0437. The summed E-state index contributed by atoms with van der Waals surface area (Å²) in [5, 5.41) is 8.97. The fourth-order valence-corrected chi connectivity index (χ4v) is 1.84. The van der Waals surface area contributed by atoms with Crippen LogP contribution in [-0.2, 0) is 9.84 Å². The number of aromatic hydroxyl groups is 1. The van der Waals surface area contributed by atoms with Gasteiger partial charge in [0.2, 0.25) is 0 Å². The molecule has 0 unspecified atom stereocenters. The van der Waals surface area contributed by atoms with E-state index in [9.17, 15) is 21.6 Å². The molecular weight excluding hydrogens is 257 g/mol. The van der Waals surface area contributed by atoms with E-state index in [1.807, 2.05) is 0 Å². The summed E-state index contributed by atoms with van der Waals surface area (Å²) >= 11 is 5.35. The second kappa shape index (κ2) is 3.57. The number of benzene rings is 1. The van der Waals surface area contributed by atoms with Crippen molar-refractivity contribution in [3.05, 3.63) is 23.2 Å². The minimum Gasteiger partial charge on any atom is -0.507 e. The first kappa shape index (κ1) is 12.1. The van der Waals surface area contributed by atoms with Crippen molar-refractivity contribution in [3.63, 3.8) is 0 Å². The standard InChI is InChI=1S/C7H4ClF3O3S/c8-4-1-2-6(5(12)3-4)15(13,14)7(9,10)11/h1-3,12H. The van der Waals surface area contributed by atoms with Crippen molar-refractivity contribution >= 4 is 21.4 Å². The van der Waals surface area contributed by atoms with Crippen molar-refractivity contribution in [2.45, 2.75) is 10.4 Å². The van der Waals surface area contributed by atoms with Gasteiger partial charge in [-0.3, -0.25) is 0 Å². The molecule has 8 heteroatoms. The molecule has 3 nitrogen and oxygen atoms in total. The second-order valence-corrected chi connectivity index (χ2v) is 4.91. The fourth-order valence-electron chi connectivity index (χ4n) is 0.842. The molecule has 0 atom stereocenters. The summed E-state index contributed by atoms with van der Waals surface area (Å²) in [7, 11) is -5.53. The summed E-state index contributed by atoms with van der Waals surface area (Å²) in [5.74, 6) is -1.03. The average Bonchev–Trinajstić information content (AvgIpc) is 2.00. The highest BCUT2D eigenvalue weighted by atomic mass is 35.5. The molecule has 84 valence electrons. The molecule has 1 N–H and O–H groups in total. The molecule has 1 aromatic carbocycles. The van der Waals surface area contributed by atoms with Gasteiger partial charge in [-0.05, 0) is 18.2 Å². The van der Waals surface area contributed by atoms with Gasteiger partial charge in [-0.2, -0.15) is 13.2 Å². The first-order chi connectivity index (χ1) is 6.66. The average molecular weight is 261 g/mol. The predicted octanol–water partition coefficient (Wildman–Crippen LogP) is 2.34. The van der Waals surface area contributed by atoms with Gasteiger partial charge < -0.3 is 5.11 Å². The quantitative estimate of drug-likeness (QED) is 0.843. The Bertz CT molecular complexity index is 481. The number of phenols is 1. The number of sulfone groups is 1. The lowest BCUT2D eigenvalue weighted by Gasteiger charge is -2.09. The van der Waals surface area contributed by atoms with E-state index in [-0.39, 0.29) is 5.02 Å². The Morgan fingerprint density at radius 2 is 1.80 bits per heavy atom. The van der Waals surface area contributed by atoms with Crippen molar-refractivity contribution in [2.24, 2.45) is 0 Å². The summed E-state index contributed by atoms with van der Waals surface area (Å²) in [6.45, 7) is 0. The van der Waals surface area contributed by atoms with Crippen LogP contribution in [0.4, 0.5) is 13.2 Å². The van der Waals surface area contributed by atoms with E-state index in [1.54, 1.807) is 0 Å². The van der Waals surface area contributed by atoms with E-state index in [0.717, 1.165) is 12.1 Å². The predicted molar refractivity (Wildman–Crippen MR) is 46.4 cm³/mol. The molecule has 0 fully saturated rings. The molecule has 15 heavy (non-hydrogen) atoms. The molecule has 0 aromatic heterocycles. The van der Waals surface area contributed by atoms with Crippen LogP contribution in [0.15, 0.2) is 23.1 Å². The number of phenolic OH excluding ortho intramolecular Hbond substituents is 1. The molecule has 0 aliphatic heterocycles. The van der Waals surface area contributed by atoms with E-state index < -0.39 is 26.0 Å². The molecule has 0 spiro atoms. The molecule has 0 aliphatic rings. The third-order valence-electron chi connectivity index (χ3n) is 1.52. The number of halogens is 4. The number of alkyl halides is 3. The van der Waals surface area contributed by atoms with Crippen molar-refractivity contribution in [2.75, 3.05) is 0 Å². The summed E-state index contributed by atoms with van der Waals surface area (Å²) in [6.07, 6.45) is 0. The van der Waals surface area contributed by atoms with Gasteiger partial charge in [-0.15, -0.1) is 0 Å². The first-order valence-corrected chi connectivity index (χ1v) is 5.32. The Kier molecular flexibility index (Phi) is 2.88. The molecule has 0 saturated carbocycles. The third kappa shape index (κ3) is 2.18. The minimum atomic E-state index is -5.53. The highest BCUT2D eigenvalue weighted by Gasteiger charge is 2.48. The van der Waals surface area contributed by atoms with Gasteiger partial charge in [0, 0.05) is 5.02 Å². The van der Waals surface area contributed by atoms with Crippen molar-refractivity contribution in [1.29, 1.82) is 0 Å². The van der Waals surface area contributed by atoms with Crippen LogP contribution < -0.4 is 0 Å². The maximum absolute atomic E-state index is 12.1. The first-order valence-electron chi connectivity index (χ1n) is 3.46. The molecular formula is C7H4ClF3O3S. The smallest absolute Gasteiger partial charge is 0.502 e. The van der Waals surface area contributed by atoms with Crippen LogP contribution in [0.2, 0.25) is 5.02 Å². The van der Waals surface area contributed by atoms with E-state index in [2.05, 4.69) is 0 Å². The molecule has 0 bridgehead atoms. The van der Waals surface area contributed by atoms with E-state index in [0.29, 0.717) is 6.07 Å². The van der Waals surface area contributed by atoms with Gasteiger partial charge >= 0.3 is 5.51 Å². The van der Waals surface area contributed by atoms with Gasteiger partial charge in [0.25, 0.3) is 9.84 Å². The third-order valence-corrected chi connectivity index (χ3v) is 3.28. The Balaban J connectivity index is 3.42. The zero-order chi connectivity index (χ0) is 11.9. The maximum Gasteiger partial charge on any atom is 0.502 e. The Morgan fingerprint density at radius 3 is 2.20 bits per heavy atom. The minimum absolute atomic E-state index is 0.0615. The van der Waals surface area contributed by atoms with Crippen LogP contribution in [0.1, 0.15) is 0 Å². The highest BCUT2D eigenvalue weighted by molar-refractivity contribution is 7.92. The summed E-state index contributed by atoms with van der Waals surface area (Å²) in [5.41, 5.74) is -5.45. The molecule has 0 aliphatic carbocycles. The lowest BCUT2D eigenvalue weighted by Crippen LogP contribution is -2.23. The molecule has 0 radical (unpaired) electrons. The highest BCUT2D eigenvalue weighted by Crippen LogP contribution is 2.35. The van der Waals surface area contributed by atoms with Gasteiger partial charge in [-0.25, -0.2) is 8.42 Å². The van der Waals surface area contributed by atoms with Crippen LogP contribution in [0.3, 0.4) is 0 Å². The number of rotatable bonds is 1. The van der Waals surface area contributed by atoms with Crippen molar-refractivity contribution in [3.8, 4) is 5.75 Å². The molecule has 0 heterocycles. The molecule has 0 amide bonds. The number of hydrogen-bond acceptors (Lipinski definition) is 3.